The molecule has 6 heteroatoms. The molecule has 1 N–H and O–H groups in total. The van der Waals surface area contributed by atoms with Crippen molar-refractivity contribution in [2.75, 3.05) is 4.90 Å². The number of aromatic nitrogens is 2. The summed E-state index contributed by atoms with van der Waals surface area (Å²) in [6.07, 6.45) is 3.74. The van der Waals surface area contributed by atoms with Gasteiger partial charge in [0.05, 0.1) is 6.54 Å². The fourth-order valence-electron chi connectivity index (χ4n) is 1.93. The number of thiophene rings is 1. The van der Waals surface area contributed by atoms with E-state index in [1.165, 1.54) is 17.1 Å². The summed E-state index contributed by atoms with van der Waals surface area (Å²) in [5.74, 6) is -0.508. The van der Waals surface area contributed by atoms with Gasteiger partial charge in [0.1, 0.15) is 0 Å². The smallest absolute Gasteiger partial charge is 0.354 e. The topological polar surface area (TPSA) is 66.3 Å². The normalized spacial score (nSPS) is 14.3. The van der Waals surface area contributed by atoms with Gasteiger partial charge in [-0.05, 0) is 30.4 Å². The Morgan fingerprint density at radius 3 is 2.95 bits per heavy atom. The molecule has 1 fully saturated rings. The first kappa shape index (κ1) is 12.1. The molecule has 1 saturated carbocycles. The Labute approximate surface area is 114 Å². The highest BCUT2D eigenvalue weighted by Crippen LogP contribution is 2.31. The van der Waals surface area contributed by atoms with Crippen LogP contribution >= 0.6 is 11.3 Å². The Morgan fingerprint density at radius 1 is 1.47 bits per heavy atom. The van der Waals surface area contributed by atoms with Crippen LogP contribution in [0.15, 0.2) is 29.8 Å². The second-order valence-electron chi connectivity index (χ2n) is 4.49. The number of carboxylic acids is 1. The number of nitrogens with zero attached hydrogens (tertiary/aromatic N) is 3. The standard InChI is InChI=1S/C13H13N3O2S/c17-12(18)11-5-6-14-13(15-11)16(9-3-4-9)8-10-2-1-7-19-10/h1-2,5-7,9H,3-4,8H2,(H,17,18). The highest BCUT2D eigenvalue weighted by Gasteiger charge is 2.31. The Bertz CT molecular complexity index is 581. The summed E-state index contributed by atoms with van der Waals surface area (Å²) >= 11 is 1.69. The molecule has 0 saturated heterocycles. The maximum atomic E-state index is 11.0. The van der Waals surface area contributed by atoms with Gasteiger partial charge >= 0.3 is 5.97 Å². The van der Waals surface area contributed by atoms with Crippen LogP contribution in [0.25, 0.3) is 0 Å². The highest BCUT2D eigenvalue weighted by atomic mass is 32.1. The van der Waals surface area contributed by atoms with Crippen molar-refractivity contribution in [3.63, 3.8) is 0 Å². The highest BCUT2D eigenvalue weighted by molar-refractivity contribution is 7.09. The van der Waals surface area contributed by atoms with E-state index in [4.69, 9.17) is 5.11 Å². The molecule has 3 rings (SSSR count). The van der Waals surface area contributed by atoms with Crippen LogP contribution in [-0.4, -0.2) is 27.1 Å². The minimum absolute atomic E-state index is 0.0434. The fraction of sp³-hybridized carbons (Fsp3) is 0.308. The van der Waals surface area contributed by atoms with E-state index in [0.717, 1.165) is 19.4 Å². The molecule has 0 atom stereocenters. The van der Waals surface area contributed by atoms with Crippen LogP contribution < -0.4 is 4.90 Å². The number of hydrogen-bond acceptors (Lipinski definition) is 5. The first-order valence-electron chi connectivity index (χ1n) is 6.09. The summed E-state index contributed by atoms with van der Waals surface area (Å²) < 4.78 is 0. The number of carbonyl (C=O) groups is 1. The van der Waals surface area contributed by atoms with E-state index in [2.05, 4.69) is 20.9 Å². The third-order valence-electron chi connectivity index (χ3n) is 3.01. The lowest BCUT2D eigenvalue weighted by molar-refractivity contribution is 0.0690. The van der Waals surface area contributed by atoms with E-state index in [1.807, 2.05) is 11.4 Å². The van der Waals surface area contributed by atoms with Gasteiger partial charge in [-0.1, -0.05) is 6.07 Å². The van der Waals surface area contributed by atoms with Crippen LogP contribution in [0.1, 0.15) is 28.2 Å². The first-order valence-corrected chi connectivity index (χ1v) is 6.97. The molecule has 1 aliphatic rings. The lowest BCUT2D eigenvalue weighted by Gasteiger charge is -2.21. The maximum Gasteiger partial charge on any atom is 0.354 e. The first-order chi connectivity index (χ1) is 9.24. The predicted octanol–water partition coefficient (Wildman–Crippen LogP) is 2.41. The van der Waals surface area contributed by atoms with Crippen molar-refractivity contribution in [1.29, 1.82) is 0 Å². The Hall–Kier alpha value is -1.95. The van der Waals surface area contributed by atoms with Gasteiger partial charge in [0, 0.05) is 17.1 Å². The molecule has 0 radical (unpaired) electrons. The number of hydrogen-bond donors (Lipinski definition) is 1. The minimum Gasteiger partial charge on any atom is -0.477 e. The van der Waals surface area contributed by atoms with E-state index in [1.54, 1.807) is 11.3 Å². The number of aromatic carboxylic acids is 1. The van der Waals surface area contributed by atoms with Crippen LogP contribution in [0.5, 0.6) is 0 Å². The van der Waals surface area contributed by atoms with Gasteiger partial charge in [-0.15, -0.1) is 11.3 Å². The van der Waals surface area contributed by atoms with Crippen molar-refractivity contribution in [2.45, 2.75) is 25.4 Å². The fourth-order valence-corrected chi connectivity index (χ4v) is 2.63. The maximum absolute atomic E-state index is 11.0. The summed E-state index contributed by atoms with van der Waals surface area (Å²) in [5, 5.41) is 11.0. The van der Waals surface area contributed by atoms with Crippen LogP contribution in [0.2, 0.25) is 0 Å². The Kier molecular flexibility index (Phi) is 3.16. The van der Waals surface area contributed by atoms with E-state index >= 15 is 0 Å². The Balaban J connectivity index is 1.87. The molecule has 19 heavy (non-hydrogen) atoms. The van der Waals surface area contributed by atoms with E-state index in [-0.39, 0.29) is 5.69 Å². The van der Waals surface area contributed by atoms with Gasteiger partial charge in [0.2, 0.25) is 5.95 Å². The molecule has 5 nitrogen and oxygen atoms in total. The molecule has 98 valence electrons. The predicted molar refractivity (Wildman–Crippen MR) is 72.5 cm³/mol. The van der Waals surface area contributed by atoms with Crippen molar-refractivity contribution in [3.8, 4) is 0 Å². The average molecular weight is 275 g/mol. The summed E-state index contributed by atoms with van der Waals surface area (Å²) in [6, 6.07) is 5.94. The molecule has 2 heterocycles. The molecule has 0 unspecified atom stereocenters. The van der Waals surface area contributed by atoms with Crippen LogP contribution in [0.3, 0.4) is 0 Å². The largest absolute Gasteiger partial charge is 0.477 e. The minimum atomic E-state index is -1.02. The van der Waals surface area contributed by atoms with Crippen molar-refractivity contribution < 1.29 is 9.90 Å². The van der Waals surface area contributed by atoms with Gasteiger partial charge in [-0.3, -0.25) is 0 Å². The van der Waals surface area contributed by atoms with Crippen LogP contribution in [0, 0.1) is 0 Å². The van der Waals surface area contributed by atoms with Gasteiger partial charge in [0.25, 0.3) is 0 Å². The monoisotopic (exact) mass is 275 g/mol. The zero-order valence-electron chi connectivity index (χ0n) is 10.2. The molecule has 2 aromatic heterocycles. The SMILES string of the molecule is O=C(O)c1ccnc(N(Cc2cccs2)C2CC2)n1. The van der Waals surface area contributed by atoms with Crippen molar-refractivity contribution in [2.24, 2.45) is 0 Å². The molecule has 0 bridgehead atoms. The second kappa shape index (κ2) is 4.97. The van der Waals surface area contributed by atoms with Gasteiger partial charge in [-0.25, -0.2) is 14.8 Å². The summed E-state index contributed by atoms with van der Waals surface area (Å²) in [5.41, 5.74) is 0.0434. The number of anilines is 1. The number of carboxylic acid groups (broad SMARTS) is 1. The summed E-state index contributed by atoms with van der Waals surface area (Å²) in [7, 11) is 0. The van der Waals surface area contributed by atoms with Crippen LogP contribution in [-0.2, 0) is 6.54 Å². The lowest BCUT2D eigenvalue weighted by atomic mass is 10.4. The third-order valence-corrected chi connectivity index (χ3v) is 3.87. The third kappa shape index (κ3) is 2.73. The van der Waals surface area contributed by atoms with Crippen molar-refractivity contribution >= 4 is 23.3 Å². The van der Waals surface area contributed by atoms with Crippen LogP contribution in [0.4, 0.5) is 5.95 Å². The zero-order chi connectivity index (χ0) is 13.2. The lowest BCUT2D eigenvalue weighted by Crippen LogP contribution is -2.27. The Morgan fingerprint density at radius 2 is 2.32 bits per heavy atom. The zero-order valence-corrected chi connectivity index (χ0v) is 11.0. The summed E-state index contributed by atoms with van der Waals surface area (Å²) in [6.45, 7) is 0.741. The molecular formula is C13H13N3O2S. The molecule has 0 aliphatic heterocycles. The van der Waals surface area contributed by atoms with Gasteiger partial charge in [-0.2, -0.15) is 0 Å². The van der Waals surface area contributed by atoms with E-state index < -0.39 is 5.97 Å². The second-order valence-corrected chi connectivity index (χ2v) is 5.52. The average Bonchev–Trinajstić information content (AvgIpc) is 3.13. The van der Waals surface area contributed by atoms with Gasteiger partial charge in [0.15, 0.2) is 5.69 Å². The quantitative estimate of drug-likeness (QED) is 0.907. The molecule has 1 aliphatic carbocycles. The van der Waals surface area contributed by atoms with Crippen molar-refractivity contribution in [1.82, 2.24) is 9.97 Å². The van der Waals surface area contributed by atoms with E-state index in [9.17, 15) is 4.79 Å². The molecule has 0 spiro atoms. The molecule has 2 aromatic rings. The molecule has 0 amide bonds. The molecular weight excluding hydrogens is 262 g/mol. The van der Waals surface area contributed by atoms with E-state index in [0.29, 0.717) is 12.0 Å². The molecule has 0 aromatic carbocycles. The van der Waals surface area contributed by atoms with Gasteiger partial charge < -0.3 is 10.0 Å². The summed E-state index contributed by atoms with van der Waals surface area (Å²) in [4.78, 5) is 22.7. The number of rotatable bonds is 5. The van der Waals surface area contributed by atoms with Crippen molar-refractivity contribution in [3.05, 3.63) is 40.3 Å².